The van der Waals surface area contributed by atoms with Crippen LogP contribution < -0.4 is 0 Å². The lowest BCUT2D eigenvalue weighted by Gasteiger charge is -2.21. The topological polar surface area (TPSA) is 0 Å². The molecule has 0 amide bonds. The molecule has 12 heavy (non-hydrogen) atoms. The highest BCUT2D eigenvalue weighted by Crippen LogP contribution is 2.42. The van der Waals surface area contributed by atoms with Crippen LogP contribution in [0.25, 0.3) is 0 Å². The number of hydrogen-bond donors (Lipinski definition) is 0. The van der Waals surface area contributed by atoms with Gasteiger partial charge in [-0.25, -0.2) is 0 Å². The predicted octanol–water partition coefficient (Wildman–Crippen LogP) is 4.00. The molecule has 0 aromatic carbocycles. The molecule has 0 N–H and O–H groups in total. The zero-order valence-electron chi connectivity index (χ0n) is 8.39. The third-order valence-corrected chi connectivity index (χ3v) is 4.29. The van der Waals surface area contributed by atoms with Crippen molar-refractivity contribution in [3.63, 3.8) is 0 Å². The maximum Gasteiger partial charge on any atom is 0.143 e. The minimum absolute atomic E-state index is 1.05. The van der Waals surface area contributed by atoms with E-state index in [0.29, 0.717) is 0 Å². The molecular formula is C11H21B. The van der Waals surface area contributed by atoms with Gasteiger partial charge < -0.3 is 0 Å². The van der Waals surface area contributed by atoms with Crippen LogP contribution in [0.3, 0.4) is 0 Å². The summed E-state index contributed by atoms with van der Waals surface area (Å²) in [4.78, 5) is 0. The first-order chi connectivity index (χ1) is 5.88. The predicted molar refractivity (Wildman–Crippen MR) is 56.1 cm³/mol. The van der Waals surface area contributed by atoms with Crippen LogP contribution in [-0.4, -0.2) is 6.71 Å². The van der Waals surface area contributed by atoms with Gasteiger partial charge in [-0.05, 0) is 0 Å². The molecule has 0 spiro atoms. The highest BCUT2D eigenvalue weighted by atomic mass is 14.2. The van der Waals surface area contributed by atoms with Crippen LogP contribution in [-0.2, 0) is 0 Å². The van der Waals surface area contributed by atoms with Crippen molar-refractivity contribution in [2.24, 2.45) is 0 Å². The van der Waals surface area contributed by atoms with Crippen LogP contribution in [0.1, 0.15) is 51.4 Å². The first kappa shape index (κ1) is 8.65. The number of rotatable bonds is 2. The Balaban J connectivity index is 1.84. The average molecular weight is 164 g/mol. The molecule has 2 fully saturated rings. The fourth-order valence-electron chi connectivity index (χ4n) is 3.35. The SMILES string of the molecule is CB(C1CCCC1)C1CCCC1. The molecule has 2 rings (SSSR count). The average Bonchev–Trinajstić information content (AvgIpc) is 2.77. The Morgan fingerprint density at radius 3 is 1.42 bits per heavy atom. The summed E-state index contributed by atoms with van der Waals surface area (Å²) in [6.45, 7) is 3.57. The fourth-order valence-corrected chi connectivity index (χ4v) is 3.35. The molecule has 0 aromatic heterocycles. The van der Waals surface area contributed by atoms with Crippen LogP contribution >= 0.6 is 0 Å². The fraction of sp³-hybridized carbons (Fsp3) is 1.00. The summed E-state index contributed by atoms with van der Waals surface area (Å²) in [5, 5.41) is 0. The van der Waals surface area contributed by atoms with Crippen LogP contribution in [0.5, 0.6) is 0 Å². The molecule has 0 bridgehead atoms. The molecule has 0 saturated heterocycles. The Bertz CT molecular complexity index is 116. The molecule has 0 atom stereocenters. The lowest BCUT2D eigenvalue weighted by atomic mass is 9.35. The molecule has 0 nitrogen and oxygen atoms in total. The van der Waals surface area contributed by atoms with Crippen molar-refractivity contribution in [2.75, 3.05) is 0 Å². The maximum atomic E-state index is 2.52. The summed E-state index contributed by atoms with van der Waals surface area (Å²) in [7, 11) is 0. The molecule has 2 aliphatic carbocycles. The van der Waals surface area contributed by atoms with Gasteiger partial charge in [-0.1, -0.05) is 69.8 Å². The summed E-state index contributed by atoms with van der Waals surface area (Å²) in [5.41, 5.74) is 0. The van der Waals surface area contributed by atoms with E-state index in [-0.39, 0.29) is 0 Å². The zero-order chi connectivity index (χ0) is 8.39. The van der Waals surface area contributed by atoms with Crippen molar-refractivity contribution in [1.29, 1.82) is 0 Å². The maximum absolute atomic E-state index is 2.52. The third kappa shape index (κ3) is 1.70. The van der Waals surface area contributed by atoms with Gasteiger partial charge in [0.05, 0.1) is 0 Å². The van der Waals surface area contributed by atoms with Crippen LogP contribution in [0.4, 0.5) is 0 Å². The summed E-state index contributed by atoms with van der Waals surface area (Å²) in [6.07, 6.45) is 12.2. The number of hydrogen-bond acceptors (Lipinski definition) is 0. The molecule has 0 heterocycles. The normalized spacial score (nSPS) is 26.8. The van der Waals surface area contributed by atoms with Crippen molar-refractivity contribution in [2.45, 2.75) is 69.8 Å². The minimum atomic E-state index is 1.05. The second kappa shape index (κ2) is 3.85. The Hall–Kier alpha value is 0.0649. The molecular weight excluding hydrogens is 143 g/mol. The first-order valence-electron chi connectivity index (χ1n) is 5.88. The summed E-state index contributed by atoms with van der Waals surface area (Å²) >= 11 is 0. The second-order valence-electron chi connectivity index (χ2n) is 4.95. The van der Waals surface area contributed by atoms with E-state index in [1.807, 2.05) is 0 Å². The Morgan fingerprint density at radius 1 is 0.750 bits per heavy atom. The van der Waals surface area contributed by atoms with E-state index in [1.165, 1.54) is 51.4 Å². The smallest absolute Gasteiger partial charge is 0.0856 e. The first-order valence-corrected chi connectivity index (χ1v) is 5.88. The lowest BCUT2D eigenvalue weighted by Crippen LogP contribution is -2.19. The van der Waals surface area contributed by atoms with E-state index in [0.717, 1.165) is 18.3 Å². The van der Waals surface area contributed by atoms with Gasteiger partial charge in [-0.3, -0.25) is 0 Å². The molecule has 0 aliphatic heterocycles. The van der Waals surface area contributed by atoms with E-state index >= 15 is 0 Å². The monoisotopic (exact) mass is 164 g/mol. The van der Waals surface area contributed by atoms with E-state index in [4.69, 9.17) is 0 Å². The van der Waals surface area contributed by atoms with Crippen molar-refractivity contribution in [3.05, 3.63) is 0 Å². The van der Waals surface area contributed by atoms with Crippen LogP contribution in [0.15, 0.2) is 0 Å². The van der Waals surface area contributed by atoms with Crippen molar-refractivity contribution >= 4 is 6.71 Å². The molecule has 1 heteroatoms. The summed E-state index contributed by atoms with van der Waals surface area (Å²) in [5.74, 6) is 2.21. The van der Waals surface area contributed by atoms with Crippen molar-refractivity contribution < 1.29 is 0 Å². The van der Waals surface area contributed by atoms with Gasteiger partial charge >= 0.3 is 0 Å². The van der Waals surface area contributed by atoms with E-state index in [9.17, 15) is 0 Å². The molecule has 2 saturated carbocycles. The van der Waals surface area contributed by atoms with Crippen molar-refractivity contribution in [3.8, 4) is 0 Å². The molecule has 0 aromatic rings. The van der Waals surface area contributed by atoms with Crippen LogP contribution in [0.2, 0.25) is 18.5 Å². The van der Waals surface area contributed by atoms with Gasteiger partial charge in [0.1, 0.15) is 6.71 Å². The largest absolute Gasteiger partial charge is 0.143 e. The molecule has 2 aliphatic rings. The van der Waals surface area contributed by atoms with E-state index in [2.05, 4.69) is 6.82 Å². The van der Waals surface area contributed by atoms with Gasteiger partial charge in [-0.15, -0.1) is 0 Å². The Labute approximate surface area is 77.2 Å². The molecule has 0 radical (unpaired) electrons. The summed E-state index contributed by atoms with van der Waals surface area (Å²) in [6, 6.07) is 0. The van der Waals surface area contributed by atoms with Gasteiger partial charge in [-0.2, -0.15) is 0 Å². The second-order valence-corrected chi connectivity index (χ2v) is 4.95. The third-order valence-electron chi connectivity index (χ3n) is 4.29. The van der Waals surface area contributed by atoms with Crippen LogP contribution in [0, 0.1) is 0 Å². The zero-order valence-corrected chi connectivity index (χ0v) is 8.39. The molecule has 68 valence electrons. The van der Waals surface area contributed by atoms with Gasteiger partial charge in [0, 0.05) is 0 Å². The highest BCUT2D eigenvalue weighted by Gasteiger charge is 2.32. The van der Waals surface area contributed by atoms with Gasteiger partial charge in [0.25, 0.3) is 0 Å². The van der Waals surface area contributed by atoms with E-state index < -0.39 is 0 Å². The summed E-state index contributed by atoms with van der Waals surface area (Å²) < 4.78 is 0. The molecule has 0 unspecified atom stereocenters. The highest BCUT2D eigenvalue weighted by molar-refractivity contribution is 6.60. The van der Waals surface area contributed by atoms with Gasteiger partial charge in [0.15, 0.2) is 0 Å². The van der Waals surface area contributed by atoms with E-state index in [1.54, 1.807) is 0 Å². The Morgan fingerprint density at radius 2 is 1.08 bits per heavy atom. The van der Waals surface area contributed by atoms with Gasteiger partial charge in [0.2, 0.25) is 0 Å². The quantitative estimate of drug-likeness (QED) is 0.541. The Kier molecular flexibility index (Phi) is 2.78. The minimum Gasteiger partial charge on any atom is -0.0856 e. The standard InChI is InChI=1S/C11H21B/c1-12(10-6-2-3-7-10)11-8-4-5-9-11/h10-11H,2-9H2,1H3. The van der Waals surface area contributed by atoms with Crippen molar-refractivity contribution in [1.82, 2.24) is 0 Å². The lowest BCUT2D eigenvalue weighted by molar-refractivity contribution is 0.776.